The van der Waals surface area contributed by atoms with Crippen LogP contribution in [-0.4, -0.2) is 46.6 Å². The number of rotatable bonds is 10. The number of ether oxygens (including phenoxy) is 2. The van der Waals surface area contributed by atoms with Crippen molar-refractivity contribution in [3.05, 3.63) is 59.2 Å². The number of nitrogens with zero attached hydrogens (tertiary/aromatic N) is 1. The highest BCUT2D eigenvalue weighted by molar-refractivity contribution is 6.46. The third kappa shape index (κ3) is 5.35. The Morgan fingerprint density at radius 2 is 1.76 bits per heavy atom. The molecule has 182 valence electrons. The Morgan fingerprint density at radius 3 is 2.38 bits per heavy atom. The molecule has 0 aliphatic carbocycles. The molecule has 1 saturated heterocycles. The molecule has 0 radical (unpaired) electrons. The standard InChI is InChI=1S/C27H33NO6/c1-5-7-14-28-24(19-10-13-21(29)22(15-19)33-6-2)23(26(31)27(28)32)25(30)18-8-11-20(12-9-18)34-16-17(3)4/h8-13,15,17,24,29-30H,5-7,14,16H2,1-4H3/b25-23-. The van der Waals surface area contributed by atoms with E-state index in [1.165, 1.54) is 11.0 Å². The summed E-state index contributed by atoms with van der Waals surface area (Å²) in [4.78, 5) is 27.5. The molecule has 2 aromatic carbocycles. The molecule has 1 atom stereocenters. The van der Waals surface area contributed by atoms with Crippen molar-refractivity contribution < 1.29 is 29.3 Å². The summed E-state index contributed by atoms with van der Waals surface area (Å²) in [6.07, 6.45) is 1.55. The van der Waals surface area contributed by atoms with E-state index in [4.69, 9.17) is 9.47 Å². The van der Waals surface area contributed by atoms with Gasteiger partial charge in [-0.05, 0) is 61.2 Å². The molecule has 7 heteroatoms. The number of benzene rings is 2. The Hall–Kier alpha value is -3.48. The van der Waals surface area contributed by atoms with Crippen LogP contribution in [0.1, 0.15) is 57.7 Å². The lowest BCUT2D eigenvalue weighted by atomic mass is 9.95. The Balaban J connectivity index is 2.07. The van der Waals surface area contributed by atoms with E-state index in [1.807, 2.05) is 6.92 Å². The Morgan fingerprint density at radius 1 is 1.06 bits per heavy atom. The number of hydrogen-bond acceptors (Lipinski definition) is 6. The van der Waals surface area contributed by atoms with Crippen molar-refractivity contribution in [3.63, 3.8) is 0 Å². The molecule has 1 aliphatic heterocycles. The Kier molecular flexibility index (Phi) is 8.21. The molecule has 2 N–H and O–H groups in total. The average molecular weight is 468 g/mol. The lowest BCUT2D eigenvalue weighted by Crippen LogP contribution is -2.30. The second-order valence-corrected chi connectivity index (χ2v) is 8.74. The molecule has 7 nitrogen and oxygen atoms in total. The predicted octanol–water partition coefficient (Wildman–Crippen LogP) is 5.05. The SMILES string of the molecule is CCCCN1C(=O)C(=O)/C(=C(\O)c2ccc(OCC(C)C)cc2)C1c1ccc(O)c(OCC)c1. The van der Waals surface area contributed by atoms with Crippen LogP contribution in [0.15, 0.2) is 48.0 Å². The van der Waals surface area contributed by atoms with Gasteiger partial charge < -0.3 is 24.6 Å². The van der Waals surface area contributed by atoms with Gasteiger partial charge in [0.1, 0.15) is 11.5 Å². The van der Waals surface area contributed by atoms with Crippen LogP contribution < -0.4 is 9.47 Å². The van der Waals surface area contributed by atoms with E-state index in [-0.39, 0.29) is 22.8 Å². The molecule has 1 heterocycles. The van der Waals surface area contributed by atoms with Crippen molar-refractivity contribution in [1.29, 1.82) is 0 Å². The van der Waals surface area contributed by atoms with Crippen LogP contribution in [0.5, 0.6) is 17.2 Å². The number of likely N-dealkylation sites (tertiary alicyclic amines) is 1. The summed E-state index contributed by atoms with van der Waals surface area (Å²) in [6.45, 7) is 9.19. The number of ketones is 1. The van der Waals surface area contributed by atoms with Gasteiger partial charge >= 0.3 is 0 Å². The second-order valence-electron chi connectivity index (χ2n) is 8.74. The van der Waals surface area contributed by atoms with E-state index in [0.29, 0.717) is 49.0 Å². The van der Waals surface area contributed by atoms with Crippen molar-refractivity contribution in [2.24, 2.45) is 5.92 Å². The molecule has 3 rings (SSSR count). The maximum atomic E-state index is 13.1. The number of carbonyl (C=O) groups excluding carboxylic acids is 2. The fourth-order valence-electron chi connectivity index (χ4n) is 3.88. The first-order chi connectivity index (χ1) is 16.3. The number of Topliss-reactive ketones (excluding diaryl/α,β-unsaturated/α-hetero) is 1. The molecule has 0 saturated carbocycles. The molecule has 2 aromatic rings. The van der Waals surface area contributed by atoms with Gasteiger partial charge in [-0.15, -0.1) is 0 Å². The van der Waals surface area contributed by atoms with Gasteiger partial charge in [-0.25, -0.2) is 0 Å². The highest BCUT2D eigenvalue weighted by Crippen LogP contribution is 2.42. The van der Waals surface area contributed by atoms with Gasteiger partial charge in [-0.3, -0.25) is 9.59 Å². The highest BCUT2D eigenvalue weighted by Gasteiger charge is 2.46. The monoisotopic (exact) mass is 467 g/mol. The first-order valence-electron chi connectivity index (χ1n) is 11.8. The summed E-state index contributed by atoms with van der Waals surface area (Å²) in [5.41, 5.74) is 1.01. The lowest BCUT2D eigenvalue weighted by molar-refractivity contribution is -0.139. The number of aromatic hydroxyl groups is 1. The third-order valence-corrected chi connectivity index (χ3v) is 5.60. The number of phenols is 1. The summed E-state index contributed by atoms with van der Waals surface area (Å²) in [5, 5.41) is 21.3. The van der Waals surface area contributed by atoms with Gasteiger partial charge in [-0.1, -0.05) is 33.3 Å². The Bertz CT molecular complexity index is 1060. The number of carbonyl (C=O) groups is 2. The number of hydrogen-bond donors (Lipinski definition) is 2. The molecule has 1 amide bonds. The summed E-state index contributed by atoms with van der Waals surface area (Å²) < 4.78 is 11.2. The van der Waals surface area contributed by atoms with Crippen LogP contribution in [0.3, 0.4) is 0 Å². The molecule has 0 bridgehead atoms. The molecule has 0 aromatic heterocycles. The summed E-state index contributed by atoms with van der Waals surface area (Å²) >= 11 is 0. The molecular formula is C27H33NO6. The van der Waals surface area contributed by atoms with Gasteiger partial charge in [0.15, 0.2) is 11.5 Å². The average Bonchev–Trinajstić information content (AvgIpc) is 3.07. The number of phenolic OH excluding ortho intramolecular Hbond substituents is 1. The maximum absolute atomic E-state index is 13.1. The zero-order valence-electron chi connectivity index (χ0n) is 20.2. The van der Waals surface area contributed by atoms with Crippen molar-refractivity contribution >= 4 is 17.4 Å². The van der Waals surface area contributed by atoms with E-state index in [9.17, 15) is 19.8 Å². The quantitative estimate of drug-likeness (QED) is 0.288. The van der Waals surface area contributed by atoms with E-state index < -0.39 is 17.7 Å². The van der Waals surface area contributed by atoms with Gasteiger partial charge in [0.2, 0.25) is 0 Å². The topological polar surface area (TPSA) is 96.3 Å². The fourth-order valence-corrected chi connectivity index (χ4v) is 3.88. The van der Waals surface area contributed by atoms with Crippen molar-refractivity contribution in [2.45, 2.75) is 46.6 Å². The minimum Gasteiger partial charge on any atom is -0.507 e. The lowest BCUT2D eigenvalue weighted by Gasteiger charge is -2.25. The van der Waals surface area contributed by atoms with E-state index in [1.54, 1.807) is 43.3 Å². The molecular weight excluding hydrogens is 434 g/mol. The van der Waals surface area contributed by atoms with E-state index in [0.717, 1.165) is 6.42 Å². The minimum atomic E-state index is -0.789. The van der Waals surface area contributed by atoms with Gasteiger partial charge in [0.25, 0.3) is 11.7 Å². The molecule has 1 fully saturated rings. The maximum Gasteiger partial charge on any atom is 0.295 e. The molecule has 0 spiro atoms. The Labute approximate surface area is 200 Å². The van der Waals surface area contributed by atoms with Crippen molar-refractivity contribution in [1.82, 2.24) is 4.90 Å². The largest absolute Gasteiger partial charge is 0.507 e. The van der Waals surface area contributed by atoms with Gasteiger partial charge in [0.05, 0.1) is 24.8 Å². The molecule has 1 unspecified atom stereocenters. The second kappa shape index (κ2) is 11.1. The number of amides is 1. The minimum absolute atomic E-state index is 0.0186. The van der Waals surface area contributed by atoms with E-state index >= 15 is 0 Å². The molecule has 34 heavy (non-hydrogen) atoms. The summed E-state index contributed by atoms with van der Waals surface area (Å²) in [6, 6.07) is 10.7. The van der Waals surface area contributed by atoms with Crippen LogP contribution >= 0.6 is 0 Å². The van der Waals surface area contributed by atoms with E-state index in [2.05, 4.69) is 13.8 Å². The summed E-state index contributed by atoms with van der Waals surface area (Å²) in [7, 11) is 0. The molecule has 1 aliphatic rings. The van der Waals surface area contributed by atoms with Crippen LogP contribution in [0.4, 0.5) is 0 Å². The smallest absolute Gasteiger partial charge is 0.295 e. The van der Waals surface area contributed by atoms with Crippen LogP contribution in [0, 0.1) is 5.92 Å². The van der Waals surface area contributed by atoms with Crippen LogP contribution in [-0.2, 0) is 9.59 Å². The summed E-state index contributed by atoms with van der Waals surface area (Å²) in [5.74, 6) is -0.374. The number of unbranched alkanes of at least 4 members (excludes halogenated alkanes) is 1. The number of aliphatic hydroxyl groups is 1. The first-order valence-corrected chi connectivity index (χ1v) is 11.8. The van der Waals surface area contributed by atoms with Gasteiger partial charge in [0, 0.05) is 12.1 Å². The first kappa shape index (κ1) is 25.1. The third-order valence-electron chi connectivity index (χ3n) is 5.60. The van der Waals surface area contributed by atoms with Crippen molar-refractivity contribution in [2.75, 3.05) is 19.8 Å². The number of aliphatic hydroxyl groups excluding tert-OH is 1. The fraction of sp³-hybridized carbons (Fsp3) is 0.407. The predicted molar refractivity (Wildman–Crippen MR) is 130 cm³/mol. The van der Waals surface area contributed by atoms with Crippen molar-refractivity contribution in [3.8, 4) is 17.2 Å². The zero-order valence-corrected chi connectivity index (χ0v) is 20.2. The normalized spacial score (nSPS) is 17.4. The van der Waals surface area contributed by atoms with Crippen LogP contribution in [0.25, 0.3) is 5.76 Å². The zero-order chi connectivity index (χ0) is 24.8. The van der Waals surface area contributed by atoms with Crippen LogP contribution in [0.2, 0.25) is 0 Å². The van der Waals surface area contributed by atoms with Gasteiger partial charge in [-0.2, -0.15) is 0 Å². The highest BCUT2D eigenvalue weighted by atomic mass is 16.5.